The normalized spacial score (nSPS) is 9.89. The van der Waals surface area contributed by atoms with E-state index < -0.39 is 0 Å². The largest absolute Gasteiger partial charge is 0.483 e. The number of ether oxygens (including phenoxy) is 1. The monoisotopic (exact) mass is 326 g/mol. The van der Waals surface area contributed by atoms with Gasteiger partial charge in [0.2, 0.25) is 0 Å². The Morgan fingerprint density at radius 2 is 2.05 bits per heavy atom. The summed E-state index contributed by atoms with van der Waals surface area (Å²) in [5.41, 5.74) is 4.59. The van der Waals surface area contributed by atoms with Gasteiger partial charge in [-0.3, -0.25) is 4.79 Å². The van der Waals surface area contributed by atoms with Gasteiger partial charge in [-0.15, -0.1) is 0 Å². The van der Waals surface area contributed by atoms with E-state index >= 15 is 0 Å². The molecular weight excluding hydrogens is 308 g/mol. The summed E-state index contributed by atoms with van der Waals surface area (Å²) in [6.45, 7) is 5.96. The first-order chi connectivity index (χ1) is 9.06. The van der Waals surface area contributed by atoms with Gasteiger partial charge >= 0.3 is 0 Å². The van der Waals surface area contributed by atoms with Gasteiger partial charge in [0.05, 0.1) is 4.47 Å². The highest BCUT2D eigenvalue weighted by Crippen LogP contribution is 2.25. The molecule has 19 heavy (non-hydrogen) atoms. The Balaban J connectivity index is 2.48. The molecule has 1 amide bonds. The lowest BCUT2D eigenvalue weighted by molar-refractivity contribution is -0.123. The quantitative estimate of drug-likeness (QED) is 0.643. The number of benzene rings is 1. The highest BCUT2D eigenvalue weighted by Gasteiger charge is 2.05. The molecule has 1 N–H and O–H groups in total. The van der Waals surface area contributed by atoms with Gasteiger partial charge in [-0.25, -0.2) is 5.43 Å². The molecule has 0 saturated heterocycles. The van der Waals surface area contributed by atoms with Crippen molar-refractivity contribution in [3.8, 4) is 5.75 Å². The molecule has 0 radical (unpaired) electrons. The molecule has 0 aliphatic rings. The molecule has 0 aliphatic carbocycles. The van der Waals surface area contributed by atoms with Crippen LogP contribution in [-0.2, 0) is 4.79 Å². The maximum absolute atomic E-state index is 11.6. The van der Waals surface area contributed by atoms with Crippen LogP contribution < -0.4 is 10.2 Å². The van der Waals surface area contributed by atoms with Crippen LogP contribution in [0.5, 0.6) is 5.75 Å². The smallest absolute Gasteiger partial charge is 0.277 e. The Kier molecular flexibility index (Phi) is 6.56. The lowest BCUT2D eigenvalue weighted by atomic mass is 10.2. The van der Waals surface area contributed by atoms with Crippen LogP contribution >= 0.6 is 15.9 Å². The van der Waals surface area contributed by atoms with E-state index in [1.54, 1.807) is 0 Å². The number of hydrazone groups is 1. The second-order valence-corrected chi connectivity index (χ2v) is 5.00. The zero-order valence-electron chi connectivity index (χ0n) is 11.5. The first-order valence-electron chi connectivity index (χ1n) is 6.30. The van der Waals surface area contributed by atoms with Crippen molar-refractivity contribution in [2.24, 2.45) is 5.10 Å². The highest BCUT2D eigenvalue weighted by molar-refractivity contribution is 9.10. The van der Waals surface area contributed by atoms with Crippen LogP contribution in [0.4, 0.5) is 0 Å². The molecule has 0 spiro atoms. The van der Waals surface area contributed by atoms with Gasteiger partial charge in [-0.1, -0.05) is 19.9 Å². The topological polar surface area (TPSA) is 50.7 Å². The molecule has 0 atom stereocenters. The molecule has 0 bridgehead atoms. The summed E-state index contributed by atoms with van der Waals surface area (Å²) < 4.78 is 6.26. The number of hydrogen-bond donors (Lipinski definition) is 1. The molecule has 0 fully saturated rings. The fourth-order valence-electron chi connectivity index (χ4n) is 1.45. The molecule has 0 aromatic heterocycles. The zero-order valence-corrected chi connectivity index (χ0v) is 13.1. The van der Waals surface area contributed by atoms with E-state index in [1.807, 2.05) is 39.0 Å². The third-order valence-electron chi connectivity index (χ3n) is 2.60. The van der Waals surface area contributed by atoms with Gasteiger partial charge in [-0.2, -0.15) is 5.10 Å². The van der Waals surface area contributed by atoms with Crippen LogP contribution in [0.15, 0.2) is 27.8 Å². The van der Waals surface area contributed by atoms with Gasteiger partial charge in [0.25, 0.3) is 5.91 Å². The molecule has 5 heteroatoms. The Bertz CT molecular complexity index is 467. The van der Waals surface area contributed by atoms with Crippen molar-refractivity contribution < 1.29 is 9.53 Å². The van der Waals surface area contributed by atoms with E-state index in [4.69, 9.17) is 4.74 Å². The van der Waals surface area contributed by atoms with Crippen molar-refractivity contribution >= 4 is 27.5 Å². The number of amides is 1. The molecule has 0 unspecified atom stereocenters. The second-order valence-electron chi connectivity index (χ2n) is 4.14. The van der Waals surface area contributed by atoms with Crippen LogP contribution in [0.2, 0.25) is 0 Å². The SMILES string of the molecule is CCC(CC)=NNC(=O)COc1ccc(C)cc1Br. The van der Waals surface area contributed by atoms with E-state index in [2.05, 4.69) is 26.5 Å². The third-order valence-corrected chi connectivity index (χ3v) is 3.22. The summed E-state index contributed by atoms with van der Waals surface area (Å²) in [4.78, 5) is 11.6. The lowest BCUT2D eigenvalue weighted by Crippen LogP contribution is -2.25. The van der Waals surface area contributed by atoms with Crippen molar-refractivity contribution in [3.05, 3.63) is 28.2 Å². The lowest BCUT2D eigenvalue weighted by Gasteiger charge is -2.08. The fourth-order valence-corrected chi connectivity index (χ4v) is 2.06. The molecular formula is C14H19BrN2O2. The predicted molar refractivity (Wildman–Crippen MR) is 80.5 cm³/mol. The minimum Gasteiger partial charge on any atom is -0.483 e. The maximum atomic E-state index is 11.6. The summed E-state index contributed by atoms with van der Waals surface area (Å²) in [5, 5.41) is 4.03. The van der Waals surface area contributed by atoms with E-state index in [0.717, 1.165) is 28.6 Å². The summed E-state index contributed by atoms with van der Waals surface area (Å²) in [6.07, 6.45) is 1.67. The summed E-state index contributed by atoms with van der Waals surface area (Å²) in [6, 6.07) is 5.71. The Morgan fingerprint density at radius 1 is 1.37 bits per heavy atom. The van der Waals surface area contributed by atoms with Crippen molar-refractivity contribution in [2.75, 3.05) is 6.61 Å². The highest BCUT2D eigenvalue weighted by atomic mass is 79.9. The number of halogens is 1. The van der Waals surface area contributed by atoms with E-state index in [0.29, 0.717) is 5.75 Å². The number of nitrogens with one attached hydrogen (secondary N) is 1. The van der Waals surface area contributed by atoms with Crippen LogP contribution in [-0.4, -0.2) is 18.2 Å². The van der Waals surface area contributed by atoms with Gasteiger partial charge in [0, 0.05) is 5.71 Å². The van der Waals surface area contributed by atoms with Gasteiger partial charge < -0.3 is 4.74 Å². The van der Waals surface area contributed by atoms with E-state index in [9.17, 15) is 4.79 Å². The third kappa shape index (κ3) is 5.42. The molecule has 1 aromatic rings. The molecule has 4 nitrogen and oxygen atoms in total. The molecule has 104 valence electrons. The number of aryl methyl sites for hydroxylation is 1. The number of nitrogens with zero attached hydrogens (tertiary/aromatic N) is 1. The van der Waals surface area contributed by atoms with Crippen LogP contribution in [0.3, 0.4) is 0 Å². The Labute approximate surface area is 122 Å². The average Bonchev–Trinajstić information content (AvgIpc) is 2.39. The zero-order chi connectivity index (χ0) is 14.3. The number of hydrogen-bond acceptors (Lipinski definition) is 3. The van der Waals surface area contributed by atoms with Gasteiger partial charge in [-0.05, 0) is 53.4 Å². The number of carbonyl (C=O) groups excluding carboxylic acids is 1. The first-order valence-corrected chi connectivity index (χ1v) is 7.09. The maximum Gasteiger partial charge on any atom is 0.277 e. The van der Waals surface area contributed by atoms with Crippen LogP contribution in [0.25, 0.3) is 0 Å². The Hall–Kier alpha value is -1.36. The van der Waals surface area contributed by atoms with Crippen molar-refractivity contribution in [1.82, 2.24) is 5.43 Å². The molecule has 1 rings (SSSR count). The standard InChI is InChI=1S/C14H19BrN2O2/c1-4-11(5-2)16-17-14(18)9-19-13-7-6-10(3)8-12(13)15/h6-8H,4-5,9H2,1-3H3,(H,17,18). The van der Waals surface area contributed by atoms with Gasteiger partial charge in [0.15, 0.2) is 6.61 Å². The Morgan fingerprint density at radius 3 is 2.63 bits per heavy atom. The molecule has 0 saturated carbocycles. The number of rotatable bonds is 6. The minimum atomic E-state index is -0.258. The van der Waals surface area contributed by atoms with Crippen molar-refractivity contribution in [1.29, 1.82) is 0 Å². The predicted octanol–water partition coefficient (Wildman–Crippen LogP) is 3.43. The summed E-state index contributed by atoms with van der Waals surface area (Å²) in [7, 11) is 0. The molecule has 1 aromatic carbocycles. The average molecular weight is 327 g/mol. The minimum absolute atomic E-state index is 0.0497. The van der Waals surface area contributed by atoms with Crippen molar-refractivity contribution in [2.45, 2.75) is 33.6 Å². The molecule has 0 heterocycles. The molecule has 0 aliphatic heterocycles. The van der Waals surface area contributed by atoms with Crippen molar-refractivity contribution in [3.63, 3.8) is 0 Å². The van der Waals surface area contributed by atoms with Crippen LogP contribution in [0.1, 0.15) is 32.3 Å². The van der Waals surface area contributed by atoms with E-state index in [1.165, 1.54) is 0 Å². The summed E-state index contributed by atoms with van der Waals surface area (Å²) in [5.74, 6) is 0.391. The number of carbonyl (C=O) groups is 1. The van der Waals surface area contributed by atoms with Gasteiger partial charge in [0.1, 0.15) is 5.75 Å². The second kappa shape index (κ2) is 7.94. The summed E-state index contributed by atoms with van der Waals surface area (Å²) >= 11 is 3.40. The van der Waals surface area contributed by atoms with E-state index in [-0.39, 0.29) is 12.5 Å². The van der Waals surface area contributed by atoms with Crippen LogP contribution in [0, 0.1) is 6.92 Å². The first kappa shape index (κ1) is 15.7. The fraction of sp³-hybridized carbons (Fsp3) is 0.429.